The molecule has 4 heteroatoms. The molecule has 1 aliphatic rings. The Labute approximate surface area is 119 Å². The Balaban J connectivity index is 1.96. The van der Waals surface area contributed by atoms with Crippen molar-refractivity contribution in [3.05, 3.63) is 24.3 Å². The Morgan fingerprint density at radius 2 is 1.89 bits per heavy atom. The Morgan fingerprint density at radius 1 is 1.32 bits per heavy atom. The predicted octanol–water partition coefficient (Wildman–Crippen LogP) is 3.49. The van der Waals surface area contributed by atoms with Gasteiger partial charge in [0.25, 0.3) is 0 Å². The number of hydrogen-bond acceptors (Lipinski definition) is 2. The summed E-state index contributed by atoms with van der Waals surface area (Å²) in [5.41, 5.74) is 2.02. The van der Waals surface area contributed by atoms with Gasteiger partial charge < -0.3 is 10.2 Å². The summed E-state index contributed by atoms with van der Waals surface area (Å²) in [7, 11) is 0. The number of nitrogens with zero attached hydrogens (tertiary/aromatic N) is 1. The molecule has 1 unspecified atom stereocenters. The first-order valence-corrected chi connectivity index (χ1v) is 7.30. The van der Waals surface area contributed by atoms with Gasteiger partial charge in [0.15, 0.2) is 0 Å². The van der Waals surface area contributed by atoms with E-state index in [9.17, 15) is 4.79 Å². The molecule has 1 atom stereocenters. The van der Waals surface area contributed by atoms with Crippen molar-refractivity contribution in [3.8, 4) is 0 Å². The number of carbonyl (C=O) groups is 1. The lowest BCUT2D eigenvalue weighted by molar-refractivity contribution is -0.115. The Bertz CT molecular complexity index is 422. The van der Waals surface area contributed by atoms with E-state index in [2.05, 4.69) is 29.3 Å². The SMILES string of the molecule is CC1CCN(c2ccc(NC(=O)C(C)Cl)cc2)CC1. The minimum Gasteiger partial charge on any atom is -0.372 e. The molecule has 0 aromatic heterocycles. The first-order valence-electron chi connectivity index (χ1n) is 6.86. The first-order chi connectivity index (χ1) is 9.06. The number of carbonyl (C=O) groups excluding carboxylic acids is 1. The maximum absolute atomic E-state index is 11.5. The molecule has 0 saturated carbocycles. The van der Waals surface area contributed by atoms with Crippen LogP contribution in [0.5, 0.6) is 0 Å². The van der Waals surface area contributed by atoms with Crippen molar-refractivity contribution in [1.29, 1.82) is 0 Å². The molecule has 1 saturated heterocycles. The second-order valence-electron chi connectivity index (χ2n) is 5.32. The van der Waals surface area contributed by atoms with Crippen molar-refractivity contribution in [2.75, 3.05) is 23.3 Å². The lowest BCUT2D eigenvalue weighted by Crippen LogP contribution is -2.32. The Kier molecular flexibility index (Phi) is 4.70. The van der Waals surface area contributed by atoms with Gasteiger partial charge in [0.2, 0.25) is 5.91 Å². The van der Waals surface area contributed by atoms with Crippen LogP contribution < -0.4 is 10.2 Å². The Hall–Kier alpha value is -1.22. The molecule has 3 nitrogen and oxygen atoms in total. The zero-order valence-electron chi connectivity index (χ0n) is 11.5. The van der Waals surface area contributed by atoms with E-state index in [0.717, 1.165) is 24.7 Å². The molecule has 0 radical (unpaired) electrons. The van der Waals surface area contributed by atoms with Gasteiger partial charge in [-0.15, -0.1) is 11.6 Å². The fraction of sp³-hybridized carbons (Fsp3) is 0.533. The molecule has 0 bridgehead atoms. The van der Waals surface area contributed by atoms with Crippen LogP contribution in [0.3, 0.4) is 0 Å². The lowest BCUT2D eigenvalue weighted by Gasteiger charge is -2.32. The molecule has 0 spiro atoms. The number of anilines is 2. The number of nitrogens with one attached hydrogen (secondary N) is 1. The molecule has 1 heterocycles. The van der Waals surface area contributed by atoms with Crippen molar-refractivity contribution in [3.63, 3.8) is 0 Å². The molecular weight excluding hydrogens is 260 g/mol. The normalized spacial score (nSPS) is 18.2. The summed E-state index contributed by atoms with van der Waals surface area (Å²) in [6.45, 7) is 6.21. The van der Waals surface area contributed by atoms with Crippen LogP contribution >= 0.6 is 11.6 Å². The fourth-order valence-corrected chi connectivity index (χ4v) is 2.32. The molecule has 1 aromatic carbocycles. The first kappa shape index (κ1) is 14.2. The largest absolute Gasteiger partial charge is 0.372 e. The number of piperidine rings is 1. The number of alkyl halides is 1. The molecular formula is C15H21ClN2O. The quantitative estimate of drug-likeness (QED) is 0.860. The van der Waals surface area contributed by atoms with Crippen LogP contribution in [0.4, 0.5) is 11.4 Å². The standard InChI is InChI=1S/C15H21ClN2O/c1-11-7-9-18(10-8-11)14-5-3-13(4-6-14)17-15(19)12(2)16/h3-6,11-12H,7-10H2,1-2H3,(H,17,19). The van der Waals surface area contributed by atoms with Crippen LogP contribution in [-0.2, 0) is 4.79 Å². The van der Waals surface area contributed by atoms with Gasteiger partial charge in [-0.3, -0.25) is 4.79 Å². The van der Waals surface area contributed by atoms with E-state index in [1.54, 1.807) is 6.92 Å². The second-order valence-corrected chi connectivity index (χ2v) is 5.98. The van der Waals surface area contributed by atoms with Gasteiger partial charge in [-0.25, -0.2) is 0 Å². The summed E-state index contributed by atoms with van der Waals surface area (Å²) in [5, 5.41) is 2.28. The van der Waals surface area contributed by atoms with Gasteiger partial charge >= 0.3 is 0 Å². The van der Waals surface area contributed by atoms with E-state index in [0.29, 0.717) is 0 Å². The van der Waals surface area contributed by atoms with E-state index in [1.807, 2.05) is 12.1 Å². The summed E-state index contributed by atoms with van der Waals surface area (Å²) >= 11 is 5.72. The van der Waals surface area contributed by atoms with Crippen molar-refractivity contribution < 1.29 is 4.79 Å². The van der Waals surface area contributed by atoms with Crippen molar-refractivity contribution in [1.82, 2.24) is 0 Å². The fourth-order valence-electron chi connectivity index (χ4n) is 2.26. The molecule has 1 amide bonds. The number of hydrogen-bond donors (Lipinski definition) is 1. The van der Waals surface area contributed by atoms with Crippen LogP contribution in [0, 0.1) is 5.92 Å². The van der Waals surface area contributed by atoms with E-state index in [4.69, 9.17) is 11.6 Å². The zero-order valence-corrected chi connectivity index (χ0v) is 12.3. The minimum absolute atomic E-state index is 0.166. The number of rotatable bonds is 3. The highest BCUT2D eigenvalue weighted by atomic mass is 35.5. The van der Waals surface area contributed by atoms with Crippen LogP contribution in [0.25, 0.3) is 0 Å². The van der Waals surface area contributed by atoms with Crippen LogP contribution in [0.1, 0.15) is 26.7 Å². The molecule has 2 rings (SSSR count). The highest BCUT2D eigenvalue weighted by Crippen LogP contribution is 2.24. The highest BCUT2D eigenvalue weighted by molar-refractivity contribution is 6.32. The number of benzene rings is 1. The minimum atomic E-state index is -0.511. The van der Waals surface area contributed by atoms with Gasteiger partial charge in [-0.2, -0.15) is 0 Å². The van der Waals surface area contributed by atoms with Gasteiger partial charge in [-0.05, 0) is 49.9 Å². The van der Waals surface area contributed by atoms with Gasteiger partial charge in [0.1, 0.15) is 5.38 Å². The monoisotopic (exact) mass is 280 g/mol. The summed E-state index contributed by atoms with van der Waals surface area (Å²) in [5.74, 6) is 0.668. The molecule has 104 valence electrons. The molecule has 19 heavy (non-hydrogen) atoms. The van der Waals surface area contributed by atoms with Crippen molar-refractivity contribution in [2.24, 2.45) is 5.92 Å². The molecule has 1 fully saturated rings. The third kappa shape index (κ3) is 3.87. The molecule has 1 N–H and O–H groups in total. The third-order valence-electron chi connectivity index (χ3n) is 3.64. The van der Waals surface area contributed by atoms with E-state index < -0.39 is 5.38 Å². The highest BCUT2D eigenvalue weighted by Gasteiger charge is 2.16. The maximum atomic E-state index is 11.5. The smallest absolute Gasteiger partial charge is 0.242 e. The average molecular weight is 281 g/mol. The lowest BCUT2D eigenvalue weighted by atomic mass is 9.99. The number of halogens is 1. The second kappa shape index (κ2) is 6.29. The summed E-state index contributed by atoms with van der Waals surface area (Å²) in [4.78, 5) is 13.9. The van der Waals surface area contributed by atoms with E-state index >= 15 is 0 Å². The van der Waals surface area contributed by atoms with Crippen molar-refractivity contribution in [2.45, 2.75) is 32.1 Å². The van der Waals surface area contributed by atoms with Crippen LogP contribution in [0.15, 0.2) is 24.3 Å². The zero-order chi connectivity index (χ0) is 13.8. The molecule has 0 aliphatic carbocycles. The van der Waals surface area contributed by atoms with Crippen LogP contribution in [0.2, 0.25) is 0 Å². The van der Waals surface area contributed by atoms with Gasteiger partial charge in [0, 0.05) is 24.5 Å². The van der Waals surface area contributed by atoms with Crippen molar-refractivity contribution >= 4 is 28.9 Å². The predicted molar refractivity (Wildman–Crippen MR) is 81.0 cm³/mol. The summed E-state index contributed by atoms with van der Waals surface area (Å²) in [6, 6.07) is 7.99. The summed E-state index contributed by atoms with van der Waals surface area (Å²) in [6.07, 6.45) is 2.50. The molecule has 1 aromatic rings. The number of amides is 1. The van der Waals surface area contributed by atoms with E-state index in [1.165, 1.54) is 18.5 Å². The average Bonchev–Trinajstić information content (AvgIpc) is 2.40. The van der Waals surface area contributed by atoms with Crippen LogP contribution in [-0.4, -0.2) is 24.4 Å². The third-order valence-corrected chi connectivity index (χ3v) is 3.84. The van der Waals surface area contributed by atoms with Gasteiger partial charge in [0.05, 0.1) is 0 Å². The van der Waals surface area contributed by atoms with Gasteiger partial charge in [-0.1, -0.05) is 6.92 Å². The summed E-state index contributed by atoms with van der Waals surface area (Å²) < 4.78 is 0. The van der Waals surface area contributed by atoms with E-state index in [-0.39, 0.29) is 5.91 Å². The topological polar surface area (TPSA) is 32.3 Å². The molecule has 1 aliphatic heterocycles. The Morgan fingerprint density at radius 3 is 2.42 bits per heavy atom. The maximum Gasteiger partial charge on any atom is 0.242 e.